The van der Waals surface area contributed by atoms with Gasteiger partial charge in [0.2, 0.25) is 0 Å². The largest absolute Gasteiger partial charge is 0.494 e. The summed E-state index contributed by atoms with van der Waals surface area (Å²) in [6.45, 7) is 2.00. The van der Waals surface area contributed by atoms with Gasteiger partial charge in [0, 0.05) is 23.1 Å². The summed E-state index contributed by atoms with van der Waals surface area (Å²) in [5, 5.41) is 0. The zero-order chi connectivity index (χ0) is 13.8. The molecular formula is C15H15BrFNO. The quantitative estimate of drug-likeness (QED) is 0.786. The molecule has 0 fully saturated rings. The van der Waals surface area contributed by atoms with E-state index in [1.807, 2.05) is 31.3 Å². The predicted octanol–water partition coefficient (Wildman–Crippen LogP) is 4.22. The Morgan fingerprint density at radius 2 is 2.11 bits per heavy atom. The SMILES string of the molecule is COc1ccc(C(Br)Cc2ccc(C)cn2)cc1F. The number of halogens is 2. The second-order valence-electron chi connectivity index (χ2n) is 4.39. The van der Waals surface area contributed by atoms with E-state index in [-0.39, 0.29) is 16.4 Å². The molecule has 1 heterocycles. The van der Waals surface area contributed by atoms with Crippen molar-refractivity contribution < 1.29 is 9.13 Å². The maximum atomic E-state index is 13.6. The highest BCUT2D eigenvalue weighted by molar-refractivity contribution is 9.09. The third-order valence-electron chi connectivity index (χ3n) is 2.90. The van der Waals surface area contributed by atoms with Gasteiger partial charge in [0.15, 0.2) is 11.6 Å². The van der Waals surface area contributed by atoms with E-state index in [9.17, 15) is 4.39 Å². The lowest BCUT2D eigenvalue weighted by atomic mass is 10.1. The minimum atomic E-state index is -0.346. The molecule has 4 heteroatoms. The first-order chi connectivity index (χ1) is 9.10. The van der Waals surface area contributed by atoms with Gasteiger partial charge in [-0.1, -0.05) is 28.1 Å². The predicted molar refractivity (Wildman–Crippen MR) is 77.3 cm³/mol. The number of pyridine rings is 1. The van der Waals surface area contributed by atoms with E-state index >= 15 is 0 Å². The zero-order valence-electron chi connectivity index (χ0n) is 10.9. The second kappa shape index (κ2) is 6.15. The van der Waals surface area contributed by atoms with Gasteiger partial charge in [-0.25, -0.2) is 4.39 Å². The van der Waals surface area contributed by atoms with Gasteiger partial charge < -0.3 is 4.74 Å². The lowest BCUT2D eigenvalue weighted by Crippen LogP contribution is -1.99. The molecular weight excluding hydrogens is 309 g/mol. The Morgan fingerprint density at radius 1 is 1.32 bits per heavy atom. The summed E-state index contributed by atoms with van der Waals surface area (Å²) in [6, 6.07) is 9.00. The number of hydrogen-bond donors (Lipinski definition) is 0. The van der Waals surface area contributed by atoms with Crippen molar-refractivity contribution in [2.45, 2.75) is 18.2 Å². The number of aryl methyl sites for hydroxylation is 1. The van der Waals surface area contributed by atoms with Crippen LogP contribution in [0.25, 0.3) is 0 Å². The zero-order valence-corrected chi connectivity index (χ0v) is 12.4. The Balaban J connectivity index is 2.13. The highest BCUT2D eigenvalue weighted by Gasteiger charge is 2.12. The summed E-state index contributed by atoms with van der Waals surface area (Å²) in [4.78, 5) is 4.38. The van der Waals surface area contributed by atoms with E-state index in [1.165, 1.54) is 13.2 Å². The number of alkyl halides is 1. The average molecular weight is 324 g/mol. The number of benzene rings is 1. The Hall–Kier alpha value is -1.42. The number of hydrogen-bond acceptors (Lipinski definition) is 2. The van der Waals surface area contributed by atoms with Crippen molar-refractivity contribution in [2.24, 2.45) is 0 Å². The number of aromatic nitrogens is 1. The third kappa shape index (κ3) is 3.53. The Kier molecular flexibility index (Phi) is 4.53. The molecule has 0 amide bonds. The van der Waals surface area contributed by atoms with Gasteiger partial charge in [-0.2, -0.15) is 0 Å². The maximum Gasteiger partial charge on any atom is 0.165 e. The topological polar surface area (TPSA) is 22.1 Å². The summed E-state index contributed by atoms with van der Waals surface area (Å²) < 4.78 is 18.5. The molecule has 0 saturated heterocycles. The molecule has 0 aliphatic heterocycles. The first-order valence-electron chi connectivity index (χ1n) is 5.99. The Labute approximate surface area is 120 Å². The van der Waals surface area contributed by atoms with Crippen molar-refractivity contribution in [3.05, 3.63) is 59.2 Å². The van der Waals surface area contributed by atoms with Crippen LogP contribution in [0.4, 0.5) is 4.39 Å². The highest BCUT2D eigenvalue weighted by atomic mass is 79.9. The number of methoxy groups -OCH3 is 1. The van der Waals surface area contributed by atoms with Gasteiger partial charge in [0.1, 0.15) is 0 Å². The van der Waals surface area contributed by atoms with Gasteiger partial charge >= 0.3 is 0 Å². The molecule has 1 atom stereocenters. The van der Waals surface area contributed by atoms with Crippen molar-refractivity contribution in [1.29, 1.82) is 0 Å². The standard InChI is InChI=1S/C15H15BrFNO/c1-10-3-5-12(18-9-10)8-13(16)11-4-6-15(19-2)14(17)7-11/h3-7,9,13H,8H2,1-2H3. The monoisotopic (exact) mass is 323 g/mol. The average Bonchev–Trinajstić information content (AvgIpc) is 2.41. The number of nitrogens with zero attached hydrogens (tertiary/aromatic N) is 1. The normalized spacial score (nSPS) is 12.2. The maximum absolute atomic E-state index is 13.6. The van der Waals surface area contributed by atoms with Crippen LogP contribution in [0, 0.1) is 12.7 Å². The van der Waals surface area contributed by atoms with E-state index in [1.54, 1.807) is 6.07 Å². The van der Waals surface area contributed by atoms with Crippen LogP contribution in [0.1, 0.15) is 21.6 Å². The molecule has 1 aromatic heterocycles. The molecule has 0 saturated carbocycles. The van der Waals surface area contributed by atoms with Crippen molar-refractivity contribution >= 4 is 15.9 Å². The van der Waals surface area contributed by atoms with Gasteiger partial charge in [-0.05, 0) is 36.2 Å². The lowest BCUT2D eigenvalue weighted by Gasteiger charge is -2.11. The summed E-state index contributed by atoms with van der Waals surface area (Å²) in [7, 11) is 1.46. The fourth-order valence-corrected chi connectivity index (χ4v) is 2.41. The van der Waals surface area contributed by atoms with E-state index < -0.39 is 0 Å². The van der Waals surface area contributed by atoms with Gasteiger partial charge in [-0.15, -0.1) is 0 Å². The van der Waals surface area contributed by atoms with E-state index in [2.05, 4.69) is 20.9 Å². The third-order valence-corrected chi connectivity index (χ3v) is 3.75. The summed E-state index contributed by atoms with van der Waals surface area (Å²) >= 11 is 3.57. The van der Waals surface area contributed by atoms with E-state index in [4.69, 9.17) is 4.74 Å². The van der Waals surface area contributed by atoms with Gasteiger partial charge in [0.05, 0.1) is 7.11 Å². The van der Waals surface area contributed by atoms with Gasteiger partial charge in [0.25, 0.3) is 0 Å². The van der Waals surface area contributed by atoms with Crippen LogP contribution < -0.4 is 4.74 Å². The molecule has 0 aliphatic carbocycles. The van der Waals surface area contributed by atoms with E-state index in [0.717, 1.165) is 16.8 Å². The smallest absolute Gasteiger partial charge is 0.165 e. The fraction of sp³-hybridized carbons (Fsp3) is 0.267. The number of rotatable bonds is 4. The molecule has 1 aromatic carbocycles. The van der Waals surface area contributed by atoms with Crippen LogP contribution in [0.5, 0.6) is 5.75 Å². The van der Waals surface area contributed by atoms with Crippen LogP contribution in [-0.4, -0.2) is 12.1 Å². The molecule has 100 valence electrons. The lowest BCUT2D eigenvalue weighted by molar-refractivity contribution is 0.386. The van der Waals surface area contributed by atoms with Crippen LogP contribution in [0.3, 0.4) is 0 Å². The van der Waals surface area contributed by atoms with Crippen LogP contribution >= 0.6 is 15.9 Å². The molecule has 0 radical (unpaired) electrons. The first-order valence-corrected chi connectivity index (χ1v) is 6.90. The molecule has 0 N–H and O–H groups in total. The molecule has 2 aromatic rings. The highest BCUT2D eigenvalue weighted by Crippen LogP contribution is 2.29. The Bertz CT molecular complexity index is 557. The van der Waals surface area contributed by atoms with Crippen molar-refractivity contribution in [1.82, 2.24) is 4.98 Å². The van der Waals surface area contributed by atoms with Crippen molar-refractivity contribution in [2.75, 3.05) is 7.11 Å². The minimum absolute atomic E-state index is 0.0307. The summed E-state index contributed by atoms with van der Waals surface area (Å²) in [6.07, 6.45) is 2.55. The minimum Gasteiger partial charge on any atom is -0.494 e. The number of ether oxygens (including phenoxy) is 1. The molecule has 1 unspecified atom stereocenters. The van der Waals surface area contributed by atoms with Crippen molar-refractivity contribution in [3.8, 4) is 5.75 Å². The van der Waals surface area contributed by atoms with Gasteiger partial charge in [-0.3, -0.25) is 4.98 Å². The summed E-state index contributed by atoms with van der Waals surface area (Å²) in [5.74, 6) is -0.0850. The second-order valence-corrected chi connectivity index (χ2v) is 5.50. The van der Waals surface area contributed by atoms with Crippen molar-refractivity contribution in [3.63, 3.8) is 0 Å². The first kappa shape index (κ1) is 14.0. The summed E-state index contributed by atoms with van der Waals surface area (Å²) in [5.41, 5.74) is 2.98. The van der Waals surface area contributed by atoms with Crippen LogP contribution in [-0.2, 0) is 6.42 Å². The van der Waals surface area contributed by atoms with Crippen LogP contribution in [0.2, 0.25) is 0 Å². The Morgan fingerprint density at radius 3 is 2.68 bits per heavy atom. The molecule has 0 spiro atoms. The molecule has 2 nitrogen and oxygen atoms in total. The fourth-order valence-electron chi connectivity index (χ4n) is 1.80. The molecule has 0 aliphatic rings. The molecule has 19 heavy (non-hydrogen) atoms. The molecule has 2 rings (SSSR count). The van der Waals surface area contributed by atoms with Crippen LogP contribution in [0.15, 0.2) is 36.5 Å². The van der Waals surface area contributed by atoms with E-state index in [0.29, 0.717) is 6.42 Å². The molecule has 0 bridgehead atoms.